The molecule has 0 aliphatic heterocycles. The highest BCUT2D eigenvalue weighted by molar-refractivity contribution is 8.00. The molecule has 0 saturated heterocycles. The van der Waals surface area contributed by atoms with Gasteiger partial charge in [-0.05, 0) is 18.1 Å². The summed E-state index contributed by atoms with van der Waals surface area (Å²) in [5, 5.41) is 9.75. The van der Waals surface area contributed by atoms with Crippen LogP contribution in [0.4, 0.5) is 0 Å². The van der Waals surface area contributed by atoms with Gasteiger partial charge in [-0.2, -0.15) is 4.98 Å². The fourth-order valence-electron chi connectivity index (χ4n) is 2.69. The molecule has 2 N–H and O–H groups in total. The molecule has 0 spiro atoms. The second kappa shape index (κ2) is 9.23. The Balaban J connectivity index is 1.88. The van der Waals surface area contributed by atoms with E-state index in [0.29, 0.717) is 0 Å². The summed E-state index contributed by atoms with van der Waals surface area (Å²) in [6, 6.07) is 18.4. The number of aromatic hydroxyl groups is 1. The number of nitrogens with one attached hydrogen (secondary N) is 1. The fourth-order valence-corrected chi connectivity index (χ4v) is 3.66. The van der Waals surface area contributed by atoms with Gasteiger partial charge in [0.25, 0.3) is 5.56 Å². The number of aromatic amines is 1. The normalized spacial score (nSPS) is 11.8. The topological polar surface area (TPSA) is 92.3 Å². The van der Waals surface area contributed by atoms with Crippen LogP contribution in [0.2, 0.25) is 0 Å². The average molecular weight is 396 g/mol. The Morgan fingerprint density at radius 2 is 1.79 bits per heavy atom. The van der Waals surface area contributed by atoms with E-state index in [9.17, 15) is 14.7 Å². The highest BCUT2D eigenvalue weighted by Crippen LogP contribution is 2.34. The Bertz CT molecular complexity index is 990. The predicted molar refractivity (Wildman–Crippen MR) is 107 cm³/mol. The Morgan fingerprint density at radius 3 is 2.39 bits per heavy atom. The highest BCUT2D eigenvalue weighted by atomic mass is 32.2. The molecule has 0 radical (unpaired) electrons. The molecule has 1 unspecified atom stereocenters. The third-order valence-corrected chi connectivity index (χ3v) is 5.15. The number of H-pyrrole nitrogens is 1. The lowest BCUT2D eigenvalue weighted by Gasteiger charge is -2.15. The van der Waals surface area contributed by atoms with E-state index in [-0.39, 0.29) is 29.6 Å². The van der Waals surface area contributed by atoms with Gasteiger partial charge in [0, 0.05) is 6.42 Å². The summed E-state index contributed by atoms with van der Waals surface area (Å²) >= 11 is 1.03. The van der Waals surface area contributed by atoms with Crippen LogP contribution in [0, 0.1) is 0 Å². The lowest BCUT2D eigenvalue weighted by atomic mass is 10.1. The first-order valence-corrected chi connectivity index (χ1v) is 9.70. The fraction of sp³-hybridized carbons (Fsp3) is 0.190. The van der Waals surface area contributed by atoms with Crippen LogP contribution in [0.5, 0.6) is 5.88 Å². The zero-order chi connectivity index (χ0) is 19.9. The first-order chi connectivity index (χ1) is 13.6. The lowest BCUT2D eigenvalue weighted by molar-refractivity contribution is -0.142. The van der Waals surface area contributed by atoms with Crippen molar-refractivity contribution in [2.45, 2.75) is 23.8 Å². The van der Waals surface area contributed by atoms with E-state index < -0.39 is 16.8 Å². The summed E-state index contributed by atoms with van der Waals surface area (Å²) in [6.07, 6.45) is 0.264. The number of benzene rings is 2. The molecule has 1 atom stereocenters. The van der Waals surface area contributed by atoms with E-state index >= 15 is 0 Å². The molecule has 7 heteroatoms. The zero-order valence-electron chi connectivity index (χ0n) is 15.3. The van der Waals surface area contributed by atoms with Crippen LogP contribution < -0.4 is 5.56 Å². The molecule has 1 heterocycles. The third-order valence-electron chi connectivity index (χ3n) is 4.03. The van der Waals surface area contributed by atoms with Gasteiger partial charge in [-0.15, -0.1) is 0 Å². The standard InChI is InChI=1S/C21H20N2O4S/c1-2-27-20(26)17(15-11-7-4-8-12-15)28-21-22-18(24)16(19(25)23-21)13-14-9-5-3-6-10-14/h3-12,17H,2,13H2,1H3,(H2,22,23,24,25). The molecule has 3 aromatic rings. The molecule has 3 rings (SSSR count). The van der Waals surface area contributed by atoms with E-state index in [1.165, 1.54) is 0 Å². The van der Waals surface area contributed by atoms with Crippen LogP contribution >= 0.6 is 11.8 Å². The maximum absolute atomic E-state index is 12.5. The van der Waals surface area contributed by atoms with Gasteiger partial charge in [-0.3, -0.25) is 9.59 Å². The van der Waals surface area contributed by atoms with Crippen LogP contribution in [-0.2, 0) is 16.0 Å². The summed E-state index contributed by atoms with van der Waals surface area (Å²) in [6.45, 7) is 1.98. The van der Waals surface area contributed by atoms with Gasteiger partial charge in [-0.25, -0.2) is 0 Å². The molecule has 1 aromatic heterocycles. The van der Waals surface area contributed by atoms with Crippen LogP contribution in [0.15, 0.2) is 70.6 Å². The average Bonchev–Trinajstić information content (AvgIpc) is 2.70. The molecular weight excluding hydrogens is 376 g/mol. The van der Waals surface area contributed by atoms with E-state index in [2.05, 4.69) is 9.97 Å². The molecule has 0 saturated carbocycles. The molecule has 0 fully saturated rings. The first kappa shape index (κ1) is 19.7. The van der Waals surface area contributed by atoms with Crippen molar-refractivity contribution in [3.8, 4) is 5.88 Å². The smallest absolute Gasteiger partial charge is 0.324 e. The lowest BCUT2D eigenvalue weighted by Crippen LogP contribution is -2.18. The number of ether oxygens (including phenoxy) is 1. The molecule has 2 aromatic carbocycles. The van der Waals surface area contributed by atoms with Gasteiger partial charge < -0.3 is 14.8 Å². The summed E-state index contributed by atoms with van der Waals surface area (Å²) in [5.41, 5.74) is 1.36. The van der Waals surface area contributed by atoms with E-state index in [0.717, 1.165) is 22.9 Å². The predicted octanol–water partition coefficient (Wildman–Crippen LogP) is 3.46. The van der Waals surface area contributed by atoms with Crippen LogP contribution in [-0.4, -0.2) is 27.7 Å². The largest absolute Gasteiger partial charge is 0.493 e. The van der Waals surface area contributed by atoms with Crippen LogP contribution in [0.1, 0.15) is 28.9 Å². The van der Waals surface area contributed by atoms with Crippen molar-refractivity contribution in [2.75, 3.05) is 6.61 Å². The Morgan fingerprint density at radius 1 is 1.14 bits per heavy atom. The quantitative estimate of drug-likeness (QED) is 0.361. The van der Waals surface area contributed by atoms with Gasteiger partial charge >= 0.3 is 5.97 Å². The molecule has 0 bridgehead atoms. The minimum Gasteiger partial charge on any atom is -0.493 e. The summed E-state index contributed by atoms with van der Waals surface area (Å²) in [4.78, 5) is 31.7. The number of aromatic nitrogens is 2. The zero-order valence-corrected chi connectivity index (χ0v) is 16.1. The Labute approximate surface area is 166 Å². The highest BCUT2D eigenvalue weighted by Gasteiger charge is 2.25. The van der Waals surface area contributed by atoms with Gasteiger partial charge in [0.1, 0.15) is 5.25 Å². The van der Waals surface area contributed by atoms with Crippen molar-refractivity contribution in [1.82, 2.24) is 9.97 Å². The molecule has 0 aliphatic rings. The number of nitrogens with zero attached hydrogens (tertiary/aromatic N) is 1. The van der Waals surface area contributed by atoms with Crippen molar-refractivity contribution in [3.05, 3.63) is 87.7 Å². The summed E-state index contributed by atoms with van der Waals surface area (Å²) < 4.78 is 5.15. The molecule has 6 nitrogen and oxygen atoms in total. The SMILES string of the molecule is CCOC(=O)C(Sc1nc(O)c(Cc2ccccc2)c(=O)[nH]1)c1ccccc1. The number of carbonyl (C=O) groups is 1. The van der Waals surface area contributed by atoms with Crippen LogP contribution in [0.3, 0.4) is 0 Å². The number of esters is 1. The van der Waals surface area contributed by atoms with E-state index in [1.807, 2.05) is 48.5 Å². The van der Waals surface area contributed by atoms with E-state index in [4.69, 9.17) is 4.74 Å². The maximum Gasteiger partial charge on any atom is 0.324 e. The van der Waals surface area contributed by atoms with Gasteiger partial charge in [0.2, 0.25) is 5.88 Å². The minimum absolute atomic E-state index is 0.154. The first-order valence-electron chi connectivity index (χ1n) is 8.82. The van der Waals surface area contributed by atoms with Crippen LogP contribution in [0.25, 0.3) is 0 Å². The number of carbonyl (C=O) groups excluding carboxylic acids is 1. The molecule has 144 valence electrons. The molecule has 0 amide bonds. The van der Waals surface area contributed by atoms with Crippen molar-refractivity contribution in [2.24, 2.45) is 0 Å². The van der Waals surface area contributed by atoms with Crippen molar-refractivity contribution < 1.29 is 14.6 Å². The number of hydrogen-bond acceptors (Lipinski definition) is 6. The number of rotatable bonds is 7. The van der Waals surface area contributed by atoms with Gasteiger partial charge in [0.05, 0.1) is 12.2 Å². The van der Waals surface area contributed by atoms with Gasteiger partial charge in [-0.1, -0.05) is 72.4 Å². The number of thioether (sulfide) groups is 1. The Kier molecular flexibility index (Phi) is 6.49. The second-order valence-electron chi connectivity index (χ2n) is 6.00. The van der Waals surface area contributed by atoms with Crippen molar-refractivity contribution >= 4 is 17.7 Å². The van der Waals surface area contributed by atoms with Gasteiger partial charge in [0.15, 0.2) is 5.16 Å². The van der Waals surface area contributed by atoms with E-state index in [1.54, 1.807) is 19.1 Å². The minimum atomic E-state index is -0.705. The monoisotopic (exact) mass is 396 g/mol. The van der Waals surface area contributed by atoms with Crippen molar-refractivity contribution in [1.29, 1.82) is 0 Å². The molecule has 0 aliphatic carbocycles. The Hall–Kier alpha value is -3.06. The summed E-state index contributed by atoms with van der Waals surface area (Å²) in [7, 11) is 0. The molecule has 28 heavy (non-hydrogen) atoms. The third kappa shape index (κ3) is 4.80. The maximum atomic E-state index is 12.5. The van der Waals surface area contributed by atoms with Crippen molar-refractivity contribution in [3.63, 3.8) is 0 Å². The summed E-state index contributed by atoms with van der Waals surface area (Å²) in [5.74, 6) is -0.778. The number of hydrogen-bond donors (Lipinski definition) is 2. The molecular formula is C21H20N2O4S. The second-order valence-corrected chi connectivity index (χ2v) is 7.09.